The summed E-state index contributed by atoms with van der Waals surface area (Å²) in [5.74, 6) is 0.116. The Morgan fingerprint density at radius 2 is 2.15 bits per heavy atom. The van der Waals surface area contributed by atoms with E-state index in [2.05, 4.69) is 4.90 Å². The van der Waals surface area contributed by atoms with Gasteiger partial charge in [0.1, 0.15) is 0 Å². The summed E-state index contributed by atoms with van der Waals surface area (Å²) < 4.78 is 5.81. The molecule has 0 aromatic heterocycles. The molecule has 0 radical (unpaired) electrons. The molecule has 2 rings (SSSR count). The first kappa shape index (κ1) is 15.3. The number of likely N-dealkylation sites (N-methyl/N-ethyl adjacent to an activating group) is 1. The molecule has 1 aromatic carbocycles. The summed E-state index contributed by atoms with van der Waals surface area (Å²) in [6, 6.07) is 7.57. The molecule has 1 aromatic rings. The van der Waals surface area contributed by atoms with Crippen LogP contribution in [0.3, 0.4) is 0 Å². The second-order valence-corrected chi connectivity index (χ2v) is 5.69. The quantitative estimate of drug-likeness (QED) is 0.857. The van der Waals surface area contributed by atoms with Crippen molar-refractivity contribution in [3.8, 4) is 0 Å². The SMILES string of the molecule is C[C@@H](C(=O)N(C)C)N1CCO[C@@H](c2ccccc2Cl)C1. The monoisotopic (exact) mass is 296 g/mol. The van der Waals surface area contributed by atoms with Crippen LogP contribution in [0.2, 0.25) is 5.02 Å². The van der Waals surface area contributed by atoms with Gasteiger partial charge in [0, 0.05) is 37.8 Å². The van der Waals surface area contributed by atoms with Crippen LogP contribution in [0.25, 0.3) is 0 Å². The van der Waals surface area contributed by atoms with E-state index in [9.17, 15) is 4.79 Å². The zero-order valence-electron chi connectivity index (χ0n) is 12.2. The van der Waals surface area contributed by atoms with Gasteiger partial charge in [0.05, 0.1) is 18.8 Å². The third kappa shape index (κ3) is 3.32. The maximum absolute atomic E-state index is 12.1. The minimum absolute atomic E-state index is 0.0742. The highest BCUT2D eigenvalue weighted by Crippen LogP contribution is 2.29. The van der Waals surface area contributed by atoms with Gasteiger partial charge in [0.15, 0.2) is 0 Å². The van der Waals surface area contributed by atoms with Gasteiger partial charge in [-0.1, -0.05) is 29.8 Å². The van der Waals surface area contributed by atoms with E-state index < -0.39 is 0 Å². The molecule has 5 heteroatoms. The van der Waals surface area contributed by atoms with Crippen molar-refractivity contribution in [1.29, 1.82) is 0 Å². The Hall–Kier alpha value is -1.10. The van der Waals surface area contributed by atoms with Crippen molar-refractivity contribution in [1.82, 2.24) is 9.80 Å². The molecule has 1 heterocycles. The molecule has 20 heavy (non-hydrogen) atoms. The highest BCUT2D eigenvalue weighted by atomic mass is 35.5. The number of hydrogen-bond donors (Lipinski definition) is 0. The molecule has 1 saturated heterocycles. The second kappa shape index (κ2) is 6.57. The van der Waals surface area contributed by atoms with Gasteiger partial charge in [-0.15, -0.1) is 0 Å². The Labute approximate surface area is 125 Å². The first-order valence-electron chi connectivity index (χ1n) is 6.82. The van der Waals surface area contributed by atoms with Crippen LogP contribution in [-0.4, -0.2) is 55.5 Å². The van der Waals surface area contributed by atoms with Crippen LogP contribution in [0, 0.1) is 0 Å². The summed E-state index contributed by atoms with van der Waals surface area (Å²) >= 11 is 6.22. The average Bonchev–Trinajstić information content (AvgIpc) is 2.46. The minimum atomic E-state index is -0.140. The summed E-state index contributed by atoms with van der Waals surface area (Å²) in [7, 11) is 3.57. The lowest BCUT2D eigenvalue weighted by Crippen LogP contribution is -2.50. The summed E-state index contributed by atoms with van der Waals surface area (Å²) in [6.07, 6.45) is -0.0742. The molecule has 0 unspecified atom stereocenters. The summed E-state index contributed by atoms with van der Waals surface area (Å²) in [5, 5.41) is 0.714. The van der Waals surface area contributed by atoms with Crippen LogP contribution in [0.4, 0.5) is 0 Å². The molecular formula is C15H21ClN2O2. The fourth-order valence-electron chi connectivity index (χ4n) is 2.48. The zero-order chi connectivity index (χ0) is 14.7. The highest BCUT2D eigenvalue weighted by Gasteiger charge is 2.30. The predicted molar refractivity (Wildman–Crippen MR) is 79.9 cm³/mol. The van der Waals surface area contributed by atoms with Crippen molar-refractivity contribution in [2.75, 3.05) is 33.8 Å². The Morgan fingerprint density at radius 1 is 1.45 bits per heavy atom. The Morgan fingerprint density at radius 3 is 2.80 bits per heavy atom. The number of nitrogens with zero attached hydrogens (tertiary/aromatic N) is 2. The fraction of sp³-hybridized carbons (Fsp3) is 0.533. The Kier molecular flexibility index (Phi) is 5.02. The Bertz CT molecular complexity index is 479. The van der Waals surface area contributed by atoms with Crippen molar-refractivity contribution >= 4 is 17.5 Å². The standard InChI is InChI=1S/C15H21ClN2O2/c1-11(15(19)17(2)3)18-8-9-20-14(10-18)12-6-4-5-7-13(12)16/h4-7,11,14H,8-10H2,1-3H3/t11-,14+/m0/s1. The van der Waals surface area contributed by atoms with Crippen molar-refractivity contribution in [2.24, 2.45) is 0 Å². The van der Waals surface area contributed by atoms with Crippen molar-refractivity contribution < 1.29 is 9.53 Å². The first-order valence-corrected chi connectivity index (χ1v) is 7.19. The third-order valence-corrected chi connectivity index (χ3v) is 4.04. The number of benzene rings is 1. The molecule has 1 aliphatic heterocycles. The average molecular weight is 297 g/mol. The third-order valence-electron chi connectivity index (χ3n) is 3.70. The molecule has 0 aliphatic carbocycles. The lowest BCUT2D eigenvalue weighted by atomic mass is 10.1. The molecule has 0 bridgehead atoms. The van der Waals surface area contributed by atoms with Gasteiger partial charge in [0.25, 0.3) is 0 Å². The molecule has 1 fully saturated rings. The number of morpholine rings is 1. The largest absolute Gasteiger partial charge is 0.371 e. The molecule has 2 atom stereocenters. The number of amides is 1. The van der Waals surface area contributed by atoms with Gasteiger partial charge >= 0.3 is 0 Å². The van der Waals surface area contributed by atoms with Crippen LogP contribution in [-0.2, 0) is 9.53 Å². The molecule has 0 saturated carbocycles. The van der Waals surface area contributed by atoms with Crippen LogP contribution >= 0.6 is 11.6 Å². The normalized spacial score (nSPS) is 21.5. The van der Waals surface area contributed by atoms with E-state index >= 15 is 0 Å². The van der Waals surface area contributed by atoms with Gasteiger partial charge in [-0.05, 0) is 13.0 Å². The number of carbonyl (C=O) groups is 1. The molecule has 1 aliphatic rings. The minimum Gasteiger partial charge on any atom is -0.371 e. The molecular weight excluding hydrogens is 276 g/mol. The van der Waals surface area contributed by atoms with Gasteiger partial charge in [-0.3, -0.25) is 9.69 Å². The molecule has 0 spiro atoms. The first-order chi connectivity index (χ1) is 9.50. The number of rotatable bonds is 3. The lowest BCUT2D eigenvalue weighted by Gasteiger charge is -2.37. The van der Waals surface area contributed by atoms with Gasteiger partial charge in [-0.2, -0.15) is 0 Å². The maximum Gasteiger partial charge on any atom is 0.239 e. The van der Waals surface area contributed by atoms with Gasteiger partial charge < -0.3 is 9.64 Å². The molecule has 0 N–H and O–H groups in total. The van der Waals surface area contributed by atoms with E-state index in [-0.39, 0.29) is 18.1 Å². The maximum atomic E-state index is 12.1. The molecule has 4 nitrogen and oxygen atoms in total. The van der Waals surface area contributed by atoms with E-state index in [0.717, 1.165) is 12.1 Å². The van der Waals surface area contributed by atoms with E-state index in [1.54, 1.807) is 19.0 Å². The van der Waals surface area contributed by atoms with E-state index in [1.807, 2.05) is 31.2 Å². The van der Waals surface area contributed by atoms with Crippen molar-refractivity contribution in [3.63, 3.8) is 0 Å². The topological polar surface area (TPSA) is 32.8 Å². The number of ether oxygens (including phenoxy) is 1. The van der Waals surface area contributed by atoms with Crippen LogP contribution < -0.4 is 0 Å². The second-order valence-electron chi connectivity index (χ2n) is 5.28. The van der Waals surface area contributed by atoms with E-state index in [1.165, 1.54) is 0 Å². The van der Waals surface area contributed by atoms with E-state index in [4.69, 9.17) is 16.3 Å². The van der Waals surface area contributed by atoms with Crippen LogP contribution in [0.5, 0.6) is 0 Å². The molecule has 1 amide bonds. The summed E-state index contributed by atoms with van der Waals surface area (Å²) in [5.41, 5.74) is 0.989. The van der Waals surface area contributed by atoms with Gasteiger partial charge in [-0.25, -0.2) is 0 Å². The summed E-state index contributed by atoms with van der Waals surface area (Å²) in [6.45, 7) is 4.00. The summed E-state index contributed by atoms with van der Waals surface area (Å²) in [4.78, 5) is 15.9. The van der Waals surface area contributed by atoms with Crippen LogP contribution in [0.1, 0.15) is 18.6 Å². The smallest absolute Gasteiger partial charge is 0.239 e. The number of halogens is 1. The number of hydrogen-bond acceptors (Lipinski definition) is 3. The Balaban J connectivity index is 2.09. The molecule has 110 valence electrons. The fourth-order valence-corrected chi connectivity index (χ4v) is 2.73. The lowest BCUT2D eigenvalue weighted by molar-refractivity contribution is -0.137. The highest BCUT2D eigenvalue weighted by molar-refractivity contribution is 6.31. The predicted octanol–water partition coefficient (Wildman–Crippen LogP) is 2.19. The van der Waals surface area contributed by atoms with Crippen LogP contribution in [0.15, 0.2) is 24.3 Å². The van der Waals surface area contributed by atoms with E-state index in [0.29, 0.717) is 18.2 Å². The van der Waals surface area contributed by atoms with Crippen molar-refractivity contribution in [2.45, 2.75) is 19.1 Å². The van der Waals surface area contributed by atoms with Gasteiger partial charge in [0.2, 0.25) is 5.91 Å². The number of carbonyl (C=O) groups excluding carboxylic acids is 1. The zero-order valence-corrected chi connectivity index (χ0v) is 12.9. The van der Waals surface area contributed by atoms with Crippen molar-refractivity contribution in [3.05, 3.63) is 34.9 Å².